The zero-order chi connectivity index (χ0) is 17.6. The number of fused-ring (bicyclic) bond motifs is 1. The summed E-state index contributed by atoms with van der Waals surface area (Å²) in [5, 5.41) is 4.18. The summed E-state index contributed by atoms with van der Waals surface area (Å²) in [5.41, 5.74) is 2.91. The van der Waals surface area contributed by atoms with Gasteiger partial charge in [0.1, 0.15) is 5.75 Å². The van der Waals surface area contributed by atoms with E-state index >= 15 is 0 Å². The molecule has 0 spiro atoms. The summed E-state index contributed by atoms with van der Waals surface area (Å²) >= 11 is 0. The molecule has 0 saturated carbocycles. The van der Waals surface area contributed by atoms with Crippen molar-refractivity contribution in [1.29, 1.82) is 0 Å². The Morgan fingerprint density at radius 2 is 1.88 bits per heavy atom. The lowest BCUT2D eigenvalue weighted by Crippen LogP contribution is -2.29. The van der Waals surface area contributed by atoms with Gasteiger partial charge >= 0.3 is 0 Å². The van der Waals surface area contributed by atoms with Gasteiger partial charge in [0.25, 0.3) is 0 Å². The first-order valence-electron chi connectivity index (χ1n) is 8.47. The Morgan fingerprint density at radius 3 is 2.60 bits per heavy atom. The van der Waals surface area contributed by atoms with Crippen LogP contribution in [0.25, 0.3) is 10.9 Å². The first-order valence-corrected chi connectivity index (χ1v) is 8.47. The number of nitrogens with zero attached hydrogens (tertiary/aromatic N) is 1. The van der Waals surface area contributed by atoms with E-state index < -0.39 is 0 Å². The Hall–Kier alpha value is -2.88. The van der Waals surface area contributed by atoms with E-state index in [0.717, 1.165) is 34.2 Å². The Kier molecular flexibility index (Phi) is 5.29. The number of rotatable bonds is 6. The van der Waals surface area contributed by atoms with E-state index in [0.29, 0.717) is 6.42 Å². The van der Waals surface area contributed by atoms with Gasteiger partial charge < -0.3 is 10.1 Å². The molecule has 1 N–H and O–H groups in total. The number of methoxy groups -OCH3 is 1. The maximum atomic E-state index is 12.6. The molecule has 3 rings (SSSR count). The highest BCUT2D eigenvalue weighted by atomic mass is 16.5. The molecule has 25 heavy (non-hydrogen) atoms. The van der Waals surface area contributed by atoms with Gasteiger partial charge in [-0.05, 0) is 35.7 Å². The zero-order valence-corrected chi connectivity index (χ0v) is 14.5. The van der Waals surface area contributed by atoms with Crippen molar-refractivity contribution in [3.63, 3.8) is 0 Å². The third-order valence-corrected chi connectivity index (χ3v) is 4.33. The third kappa shape index (κ3) is 3.97. The van der Waals surface area contributed by atoms with Crippen LogP contribution in [-0.2, 0) is 11.2 Å². The van der Waals surface area contributed by atoms with E-state index in [4.69, 9.17) is 4.74 Å². The summed E-state index contributed by atoms with van der Waals surface area (Å²) in [6.45, 7) is 2.06. The minimum Gasteiger partial charge on any atom is -0.497 e. The molecule has 0 radical (unpaired) electrons. The smallest absolute Gasteiger partial charge is 0.224 e. The summed E-state index contributed by atoms with van der Waals surface area (Å²) in [4.78, 5) is 17.0. The number of benzene rings is 2. The van der Waals surface area contributed by atoms with Crippen LogP contribution in [0.2, 0.25) is 0 Å². The van der Waals surface area contributed by atoms with Crippen LogP contribution in [0.4, 0.5) is 0 Å². The minimum atomic E-state index is -0.0126. The molecule has 1 atom stereocenters. The summed E-state index contributed by atoms with van der Waals surface area (Å²) in [7, 11) is 1.65. The van der Waals surface area contributed by atoms with Crippen LogP contribution in [0.1, 0.15) is 30.5 Å². The van der Waals surface area contributed by atoms with Crippen LogP contribution in [0, 0.1) is 0 Å². The lowest BCUT2D eigenvalue weighted by atomic mass is 10.0. The Bertz CT molecular complexity index is 854. The second-order valence-corrected chi connectivity index (χ2v) is 5.97. The van der Waals surface area contributed by atoms with Gasteiger partial charge in [0.05, 0.1) is 25.1 Å². The number of hydrogen-bond acceptors (Lipinski definition) is 3. The standard InChI is InChI=1S/C21H22N2O2/c1-3-19(15-9-11-18(25-2)12-10-15)23-20(24)14-17-7-4-6-16-8-5-13-22-21(16)17/h4-13,19H,3,14H2,1-2H3,(H,23,24). The van der Waals surface area contributed by atoms with Crippen LogP contribution in [-0.4, -0.2) is 18.0 Å². The molecule has 1 heterocycles. The van der Waals surface area contributed by atoms with Crippen molar-refractivity contribution >= 4 is 16.8 Å². The molecular formula is C21H22N2O2. The van der Waals surface area contributed by atoms with Crippen LogP contribution < -0.4 is 10.1 Å². The van der Waals surface area contributed by atoms with Crippen molar-refractivity contribution < 1.29 is 9.53 Å². The SMILES string of the molecule is CCC(NC(=O)Cc1cccc2cccnc12)c1ccc(OC)cc1. The number of nitrogens with one attached hydrogen (secondary N) is 1. The van der Waals surface area contributed by atoms with E-state index in [9.17, 15) is 4.79 Å². The average Bonchev–Trinajstić information content (AvgIpc) is 2.66. The van der Waals surface area contributed by atoms with Crippen molar-refractivity contribution in [3.8, 4) is 5.75 Å². The van der Waals surface area contributed by atoms with E-state index in [1.54, 1.807) is 13.3 Å². The Labute approximate surface area is 147 Å². The molecule has 0 aliphatic carbocycles. The van der Waals surface area contributed by atoms with E-state index in [1.165, 1.54) is 0 Å². The first-order chi connectivity index (χ1) is 12.2. The van der Waals surface area contributed by atoms with Crippen molar-refractivity contribution in [3.05, 3.63) is 71.9 Å². The van der Waals surface area contributed by atoms with Gasteiger partial charge in [-0.3, -0.25) is 9.78 Å². The number of para-hydroxylation sites is 1. The van der Waals surface area contributed by atoms with Crippen LogP contribution >= 0.6 is 0 Å². The van der Waals surface area contributed by atoms with Crippen molar-refractivity contribution in [2.24, 2.45) is 0 Å². The summed E-state index contributed by atoms with van der Waals surface area (Å²) in [6.07, 6.45) is 2.91. The molecule has 1 amide bonds. The number of aromatic nitrogens is 1. The number of amides is 1. The van der Waals surface area contributed by atoms with Crippen molar-refractivity contribution in [2.75, 3.05) is 7.11 Å². The molecule has 4 nitrogen and oxygen atoms in total. The molecular weight excluding hydrogens is 312 g/mol. The quantitative estimate of drug-likeness (QED) is 0.740. The number of pyridine rings is 1. The van der Waals surface area contributed by atoms with E-state index in [1.807, 2.05) is 54.6 Å². The highest BCUT2D eigenvalue weighted by Crippen LogP contribution is 2.21. The van der Waals surface area contributed by atoms with Gasteiger partial charge in [0.2, 0.25) is 5.91 Å². The number of carbonyl (C=O) groups excluding carboxylic acids is 1. The lowest BCUT2D eigenvalue weighted by molar-refractivity contribution is -0.121. The Balaban J connectivity index is 1.73. The monoisotopic (exact) mass is 334 g/mol. The van der Waals surface area contributed by atoms with Gasteiger partial charge in [-0.1, -0.05) is 43.3 Å². The van der Waals surface area contributed by atoms with E-state index in [2.05, 4.69) is 17.2 Å². The normalized spacial score (nSPS) is 11.9. The molecule has 0 bridgehead atoms. The van der Waals surface area contributed by atoms with Gasteiger partial charge in [-0.15, -0.1) is 0 Å². The maximum Gasteiger partial charge on any atom is 0.224 e. The number of ether oxygens (including phenoxy) is 1. The molecule has 0 fully saturated rings. The van der Waals surface area contributed by atoms with Gasteiger partial charge in [0, 0.05) is 11.6 Å². The lowest BCUT2D eigenvalue weighted by Gasteiger charge is -2.18. The fraction of sp³-hybridized carbons (Fsp3) is 0.238. The predicted molar refractivity (Wildman–Crippen MR) is 99.6 cm³/mol. The summed E-state index contributed by atoms with van der Waals surface area (Å²) in [6, 6.07) is 17.7. The molecule has 128 valence electrons. The topological polar surface area (TPSA) is 51.2 Å². The van der Waals surface area contributed by atoms with Crippen LogP contribution in [0.5, 0.6) is 5.75 Å². The fourth-order valence-corrected chi connectivity index (χ4v) is 2.99. The minimum absolute atomic E-state index is 0.000760. The van der Waals surface area contributed by atoms with Crippen LogP contribution in [0.15, 0.2) is 60.8 Å². The fourth-order valence-electron chi connectivity index (χ4n) is 2.99. The highest BCUT2D eigenvalue weighted by molar-refractivity contribution is 5.87. The van der Waals surface area contributed by atoms with E-state index in [-0.39, 0.29) is 11.9 Å². The van der Waals surface area contributed by atoms with Crippen molar-refractivity contribution in [1.82, 2.24) is 10.3 Å². The molecule has 2 aromatic carbocycles. The van der Waals surface area contributed by atoms with Crippen LogP contribution in [0.3, 0.4) is 0 Å². The van der Waals surface area contributed by atoms with Gasteiger partial charge in [-0.25, -0.2) is 0 Å². The molecule has 4 heteroatoms. The number of carbonyl (C=O) groups is 1. The first kappa shape index (κ1) is 17.0. The molecule has 0 aliphatic rings. The van der Waals surface area contributed by atoms with Gasteiger partial charge in [-0.2, -0.15) is 0 Å². The summed E-state index contributed by atoms with van der Waals surface area (Å²) in [5.74, 6) is 0.813. The maximum absolute atomic E-state index is 12.6. The molecule has 1 unspecified atom stereocenters. The molecule has 0 aliphatic heterocycles. The molecule has 3 aromatic rings. The number of hydrogen-bond donors (Lipinski definition) is 1. The van der Waals surface area contributed by atoms with Gasteiger partial charge in [0.15, 0.2) is 0 Å². The Morgan fingerprint density at radius 1 is 1.12 bits per heavy atom. The second-order valence-electron chi connectivity index (χ2n) is 5.97. The molecule has 0 saturated heterocycles. The van der Waals surface area contributed by atoms with Crippen molar-refractivity contribution in [2.45, 2.75) is 25.8 Å². The average molecular weight is 334 g/mol. The summed E-state index contributed by atoms with van der Waals surface area (Å²) < 4.78 is 5.19. The zero-order valence-electron chi connectivity index (χ0n) is 14.5. The molecule has 1 aromatic heterocycles. The second kappa shape index (κ2) is 7.79. The predicted octanol–water partition coefficient (Wildman–Crippen LogP) is 4.05. The largest absolute Gasteiger partial charge is 0.497 e. The third-order valence-electron chi connectivity index (χ3n) is 4.33. The highest BCUT2D eigenvalue weighted by Gasteiger charge is 2.14.